The number of ether oxygens (including phenoxy) is 1. The van der Waals surface area contributed by atoms with Crippen LogP contribution < -0.4 is 5.32 Å². The summed E-state index contributed by atoms with van der Waals surface area (Å²) in [5.41, 5.74) is 2.01. The molecule has 2 aromatic rings. The number of carbonyl (C=O) groups is 1. The number of rotatable bonds is 7. The van der Waals surface area contributed by atoms with Crippen molar-refractivity contribution in [1.82, 2.24) is 5.32 Å². The Morgan fingerprint density at radius 3 is 2.48 bits per heavy atom. The number of benzene rings is 2. The summed E-state index contributed by atoms with van der Waals surface area (Å²) in [5.74, 6) is -0.0473. The summed E-state index contributed by atoms with van der Waals surface area (Å²) in [6.45, 7) is 7.76. The van der Waals surface area contributed by atoms with Gasteiger partial charge in [0.1, 0.15) is 5.60 Å². The predicted molar refractivity (Wildman–Crippen MR) is 119 cm³/mol. The quantitative estimate of drug-likeness (QED) is 0.552. The summed E-state index contributed by atoms with van der Waals surface area (Å²) in [5, 5.41) is 2.73. The summed E-state index contributed by atoms with van der Waals surface area (Å²) in [7, 11) is -3.44. The Bertz CT molecular complexity index is 965. The van der Waals surface area contributed by atoms with E-state index in [9.17, 15) is 13.2 Å². The first kappa shape index (κ1) is 23.4. The van der Waals surface area contributed by atoms with Gasteiger partial charge in [0, 0.05) is 11.0 Å². The molecule has 5 nitrogen and oxygen atoms in total. The van der Waals surface area contributed by atoms with Gasteiger partial charge in [-0.3, -0.25) is 0 Å². The average molecular weight is 482 g/mol. The predicted octanol–water partition coefficient (Wildman–Crippen LogP) is 5.19. The molecular formula is C22H28BrNO4S. The SMILES string of the molecule is Cc1ccc(Br)cc1S(=O)(=O)Cc1cccc(CCCNC(=O)OC(C)(C)C)c1. The number of amides is 1. The lowest BCUT2D eigenvalue weighted by Crippen LogP contribution is -2.33. The molecule has 29 heavy (non-hydrogen) atoms. The number of aryl methyl sites for hydroxylation is 2. The van der Waals surface area contributed by atoms with Crippen molar-refractivity contribution in [2.75, 3.05) is 6.54 Å². The molecule has 0 aliphatic rings. The highest BCUT2D eigenvalue weighted by molar-refractivity contribution is 9.10. The fourth-order valence-corrected chi connectivity index (χ4v) is 5.03. The number of halogens is 1. The Morgan fingerprint density at radius 1 is 1.10 bits per heavy atom. The van der Waals surface area contributed by atoms with Gasteiger partial charge in [0.25, 0.3) is 0 Å². The minimum Gasteiger partial charge on any atom is -0.444 e. The molecular weight excluding hydrogens is 454 g/mol. The van der Waals surface area contributed by atoms with E-state index in [4.69, 9.17) is 4.74 Å². The van der Waals surface area contributed by atoms with Gasteiger partial charge in [0.15, 0.2) is 9.84 Å². The van der Waals surface area contributed by atoms with E-state index in [1.807, 2.05) is 51.1 Å². The monoisotopic (exact) mass is 481 g/mol. The van der Waals surface area contributed by atoms with Gasteiger partial charge in [0.05, 0.1) is 10.6 Å². The maximum absolute atomic E-state index is 12.9. The van der Waals surface area contributed by atoms with E-state index in [-0.39, 0.29) is 5.75 Å². The van der Waals surface area contributed by atoms with Crippen LogP contribution in [0.2, 0.25) is 0 Å². The zero-order valence-corrected chi connectivity index (χ0v) is 19.7. The molecule has 0 unspecified atom stereocenters. The molecule has 0 heterocycles. The van der Waals surface area contributed by atoms with Crippen LogP contribution in [0.5, 0.6) is 0 Å². The maximum atomic E-state index is 12.9. The van der Waals surface area contributed by atoms with E-state index in [0.717, 1.165) is 34.0 Å². The van der Waals surface area contributed by atoms with Gasteiger partial charge in [-0.2, -0.15) is 0 Å². The van der Waals surface area contributed by atoms with Gasteiger partial charge in [-0.25, -0.2) is 13.2 Å². The van der Waals surface area contributed by atoms with E-state index in [1.165, 1.54) is 0 Å². The van der Waals surface area contributed by atoms with Gasteiger partial charge in [0.2, 0.25) is 0 Å². The Hall–Kier alpha value is -1.86. The van der Waals surface area contributed by atoms with E-state index >= 15 is 0 Å². The Kier molecular flexibility index (Phi) is 7.88. The van der Waals surface area contributed by atoms with Crippen molar-refractivity contribution in [3.8, 4) is 0 Å². The number of alkyl carbamates (subject to hydrolysis) is 1. The highest BCUT2D eigenvalue weighted by Crippen LogP contribution is 2.24. The van der Waals surface area contributed by atoms with Crippen molar-refractivity contribution in [1.29, 1.82) is 0 Å². The summed E-state index contributed by atoms with van der Waals surface area (Å²) in [4.78, 5) is 12.0. The lowest BCUT2D eigenvalue weighted by atomic mass is 10.1. The van der Waals surface area contributed by atoms with Crippen molar-refractivity contribution in [2.24, 2.45) is 0 Å². The first-order valence-electron chi connectivity index (χ1n) is 9.50. The lowest BCUT2D eigenvalue weighted by molar-refractivity contribution is 0.0527. The molecule has 0 saturated heterocycles. The van der Waals surface area contributed by atoms with Crippen LogP contribution in [0.25, 0.3) is 0 Å². The molecule has 0 saturated carbocycles. The molecule has 1 N–H and O–H groups in total. The van der Waals surface area contributed by atoms with Crippen LogP contribution in [0.4, 0.5) is 4.79 Å². The molecule has 0 atom stereocenters. The third-order valence-corrected chi connectivity index (χ3v) is 6.46. The van der Waals surface area contributed by atoms with Crippen molar-refractivity contribution in [3.63, 3.8) is 0 Å². The Labute approximate surface area is 181 Å². The molecule has 0 bridgehead atoms. The number of sulfone groups is 1. The first-order valence-corrected chi connectivity index (χ1v) is 11.9. The molecule has 158 valence electrons. The fourth-order valence-electron chi connectivity index (χ4n) is 2.88. The van der Waals surface area contributed by atoms with E-state index < -0.39 is 21.5 Å². The molecule has 7 heteroatoms. The molecule has 0 fully saturated rings. The molecule has 2 rings (SSSR count). The molecule has 1 amide bonds. The van der Waals surface area contributed by atoms with Crippen molar-refractivity contribution in [3.05, 3.63) is 63.6 Å². The second-order valence-corrected chi connectivity index (χ2v) is 10.9. The van der Waals surface area contributed by atoms with Crippen LogP contribution in [-0.2, 0) is 26.7 Å². The highest BCUT2D eigenvalue weighted by atomic mass is 79.9. The third kappa shape index (κ3) is 7.82. The third-order valence-electron chi connectivity index (χ3n) is 4.14. The second-order valence-electron chi connectivity index (χ2n) is 8.02. The molecule has 0 spiro atoms. The number of hydrogen-bond donors (Lipinski definition) is 1. The van der Waals surface area contributed by atoms with Crippen LogP contribution in [-0.4, -0.2) is 26.7 Å². The van der Waals surface area contributed by atoms with Crippen LogP contribution >= 0.6 is 15.9 Å². The van der Waals surface area contributed by atoms with E-state index in [0.29, 0.717) is 11.4 Å². The second kappa shape index (κ2) is 9.76. The minimum absolute atomic E-state index is 0.0473. The minimum atomic E-state index is -3.44. The molecule has 0 radical (unpaired) electrons. The topological polar surface area (TPSA) is 72.5 Å². The van der Waals surface area contributed by atoms with E-state index in [1.54, 1.807) is 19.1 Å². The lowest BCUT2D eigenvalue weighted by Gasteiger charge is -2.19. The van der Waals surface area contributed by atoms with Crippen LogP contribution in [0.1, 0.15) is 43.9 Å². The maximum Gasteiger partial charge on any atom is 0.407 e. The van der Waals surface area contributed by atoms with Crippen molar-refractivity contribution >= 4 is 31.9 Å². The average Bonchev–Trinajstić information content (AvgIpc) is 2.59. The summed E-state index contributed by atoms with van der Waals surface area (Å²) < 4.78 is 31.7. The normalized spacial score (nSPS) is 11.9. The highest BCUT2D eigenvalue weighted by Gasteiger charge is 2.19. The molecule has 2 aromatic carbocycles. The Balaban J connectivity index is 1.96. The zero-order valence-electron chi connectivity index (χ0n) is 17.3. The van der Waals surface area contributed by atoms with Gasteiger partial charge in [-0.05, 0) is 69.4 Å². The molecule has 0 aliphatic heterocycles. The van der Waals surface area contributed by atoms with E-state index in [2.05, 4.69) is 21.2 Å². The summed E-state index contributed by atoms with van der Waals surface area (Å²) in [6, 6.07) is 12.9. The van der Waals surface area contributed by atoms with Gasteiger partial charge in [-0.1, -0.05) is 46.3 Å². The Morgan fingerprint density at radius 2 is 1.79 bits per heavy atom. The van der Waals surface area contributed by atoms with Crippen LogP contribution in [0.15, 0.2) is 51.8 Å². The van der Waals surface area contributed by atoms with Gasteiger partial charge < -0.3 is 10.1 Å². The van der Waals surface area contributed by atoms with Gasteiger partial charge >= 0.3 is 6.09 Å². The number of nitrogens with one attached hydrogen (secondary N) is 1. The van der Waals surface area contributed by atoms with Crippen LogP contribution in [0, 0.1) is 6.92 Å². The summed E-state index contributed by atoms with van der Waals surface area (Å²) >= 11 is 3.34. The standard InChI is InChI=1S/C22H28BrNO4S/c1-16-10-11-19(23)14-20(16)29(26,27)15-18-8-5-7-17(13-18)9-6-12-24-21(25)28-22(2,3)4/h5,7-8,10-11,13-14H,6,9,12,15H2,1-4H3,(H,24,25). The number of hydrogen-bond acceptors (Lipinski definition) is 4. The molecule has 0 aliphatic carbocycles. The first-order chi connectivity index (χ1) is 13.5. The zero-order chi connectivity index (χ0) is 21.7. The van der Waals surface area contributed by atoms with Crippen molar-refractivity contribution in [2.45, 2.75) is 56.8 Å². The number of carbonyl (C=O) groups excluding carboxylic acids is 1. The summed E-state index contributed by atoms with van der Waals surface area (Å²) in [6.07, 6.45) is 1.04. The smallest absolute Gasteiger partial charge is 0.407 e. The van der Waals surface area contributed by atoms with Crippen LogP contribution in [0.3, 0.4) is 0 Å². The fraction of sp³-hybridized carbons (Fsp3) is 0.409. The largest absolute Gasteiger partial charge is 0.444 e. The molecule has 0 aromatic heterocycles. The van der Waals surface area contributed by atoms with Crippen molar-refractivity contribution < 1.29 is 17.9 Å². The van der Waals surface area contributed by atoms with Gasteiger partial charge in [-0.15, -0.1) is 0 Å².